The van der Waals surface area contributed by atoms with Crippen LogP contribution in [0.5, 0.6) is 0 Å². The van der Waals surface area contributed by atoms with Crippen LogP contribution in [-0.4, -0.2) is 29.3 Å². The van der Waals surface area contributed by atoms with E-state index in [0.29, 0.717) is 18.1 Å². The van der Waals surface area contributed by atoms with Gasteiger partial charge in [0.1, 0.15) is 11.6 Å². The Hall–Kier alpha value is -1.49. The number of aliphatic hydroxyl groups is 1. The van der Waals surface area contributed by atoms with Crippen LogP contribution in [0.25, 0.3) is 0 Å². The van der Waals surface area contributed by atoms with Crippen LogP contribution in [0.15, 0.2) is 12.1 Å². The highest BCUT2D eigenvalue weighted by molar-refractivity contribution is 5.62. The summed E-state index contributed by atoms with van der Waals surface area (Å²) in [6, 6.07) is 3.57. The molecule has 1 aliphatic rings. The Bertz CT molecular complexity index is 401. The third-order valence-corrected chi connectivity index (χ3v) is 3.40. The molecule has 0 atom stereocenters. The van der Waals surface area contributed by atoms with Gasteiger partial charge in [0.05, 0.1) is 11.3 Å². The molecule has 1 fully saturated rings. The molecule has 1 aromatic heterocycles. The molecule has 0 saturated heterocycles. The van der Waals surface area contributed by atoms with Crippen molar-refractivity contribution >= 4 is 17.3 Å². The summed E-state index contributed by atoms with van der Waals surface area (Å²) in [7, 11) is 1.91. The molecule has 0 amide bonds. The van der Waals surface area contributed by atoms with Crippen LogP contribution >= 0.6 is 0 Å². The highest BCUT2D eigenvalue weighted by Crippen LogP contribution is 2.31. The van der Waals surface area contributed by atoms with E-state index in [-0.39, 0.29) is 0 Å². The average Bonchev–Trinajstić information content (AvgIpc) is 2.69. The Kier molecular flexibility index (Phi) is 3.11. The van der Waals surface area contributed by atoms with Crippen molar-refractivity contribution in [3.05, 3.63) is 12.1 Å². The standard InChI is InChI=1S/C12H20N4O/c1-16(8-12(17)6-2-3-7-12)10-5-4-9(13)11(14)15-10/h4-5,17H,2-3,6-8,13H2,1H3,(H2,14,15). The maximum absolute atomic E-state index is 10.3. The lowest BCUT2D eigenvalue weighted by Gasteiger charge is -2.29. The van der Waals surface area contributed by atoms with Gasteiger partial charge in [-0.2, -0.15) is 0 Å². The summed E-state index contributed by atoms with van der Waals surface area (Å²) in [5, 5.41) is 10.3. The van der Waals surface area contributed by atoms with Crippen molar-refractivity contribution in [3.8, 4) is 0 Å². The number of nitrogens with zero attached hydrogens (tertiary/aromatic N) is 2. The number of pyridine rings is 1. The van der Waals surface area contributed by atoms with E-state index < -0.39 is 5.60 Å². The van der Waals surface area contributed by atoms with Crippen LogP contribution in [0.1, 0.15) is 25.7 Å². The molecule has 1 aliphatic carbocycles. The summed E-state index contributed by atoms with van der Waals surface area (Å²) in [5.41, 5.74) is 11.2. The second kappa shape index (κ2) is 4.41. The zero-order chi connectivity index (χ0) is 12.5. The first kappa shape index (κ1) is 12.0. The number of nitrogen functional groups attached to an aromatic ring is 2. The first-order chi connectivity index (χ1) is 8.00. The normalized spacial score (nSPS) is 18.2. The highest BCUT2D eigenvalue weighted by atomic mass is 16.3. The van der Waals surface area contributed by atoms with Gasteiger partial charge in [-0.1, -0.05) is 12.8 Å². The van der Waals surface area contributed by atoms with Crippen molar-refractivity contribution in [1.29, 1.82) is 0 Å². The van der Waals surface area contributed by atoms with Crippen LogP contribution in [-0.2, 0) is 0 Å². The number of hydrogen-bond donors (Lipinski definition) is 3. The summed E-state index contributed by atoms with van der Waals surface area (Å²) in [6.07, 6.45) is 3.92. The smallest absolute Gasteiger partial charge is 0.149 e. The number of likely N-dealkylation sites (N-methyl/N-ethyl adjacent to an activating group) is 1. The molecule has 2 rings (SSSR count). The third kappa shape index (κ3) is 2.61. The topological polar surface area (TPSA) is 88.4 Å². The Morgan fingerprint density at radius 1 is 1.35 bits per heavy atom. The van der Waals surface area contributed by atoms with Gasteiger partial charge >= 0.3 is 0 Å². The number of aromatic nitrogens is 1. The predicted octanol–water partition coefficient (Wildman–Crippen LogP) is 0.987. The SMILES string of the molecule is CN(CC1(O)CCCC1)c1ccc(N)c(N)n1. The van der Waals surface area contributed by atoms with Gasteiger partial charge in [0, 0.05) is 13.6 Å². The molecule has 5 N–H and O–H groups in total. The summed E-state index contributed by atoms with van der Waals surface area (Å²) in [6.45, 7) is 0.587. The highest BCUT2D eigenvalue weighted by Gasteiger charge is 2.32. The van der Waals surface area contributed by atoms with E-state index in [0.717, 1.165) is 31.5 Å². The molecule has 1 aromatic rings. The van der Waals surface area contributed by atoms with Gasteiger partial charge in [-0.15, -0.1) is 0 Å². The van der Waals surface area contributed by atoms with Gasteiger partial charge in [-0.25, -0.2) is 4.98 Å². The molecule has 5 heteroatoms. The van der Waals surface area contributed by atoms with Crippen LogP contribution in [0.4, 0.5) is 17.3 Å². The van der Waals surface area contributed by atoms with E-state index in [1.165, 1.54) is 0 Å². The van der Waals surface area contributed by atoms with E-state index in [1.807, 2.05) is 18.0 Å². The number of rotatable bonds is 3. The molecular weight excluding hydrogens is 216 g/mol. The fraction of sp³-hybridized carbons (Fsp3) is 0.583. The minimum Gasteiger partial charge on any atom is -0.396 e. The van der Waals surface area contributed by atoms with Crippen molar-refractivity contribution in [2.75, 3.05) is 30.0 Å². The summed E-state index contributed by atoms with van der Waals surface area (Å²) >= 11 is 0. The van der Waals surface area contributed by atoms with Crippen molar-refractivity contribution in [3.63, 3.8) is 0 Å². The van der Waals surface area contributed by atoms with Crippen LogP contribution in [0.2, 0.25) is 0 Å². The molecule has 0 spiro atoms. The molecule has 0 bridgehead atoms. The molecular formula is C12H20N4O. The molecule has 0 aromatic carbocycles. The lowest BCUT2D eigenvalue weighted by Crippen LogP contribution is -2.39. The Labute approximate surface area is 101 Å². The second-order valence-electron chi connectivity index (χ2n) is 4.93. The molecule has 5 nitrogen and oxygen atoms in total. The maximum atomic E-state index is 10.3. The Morgan fingerprint density at radius 2 is 2.00 bits per heavy atom. The van der Waals surface area contributed by atoms with Crippen molar-refractivity contribution < 1.29 is 5.11 Å². The second-order valence-corrected chi connectivity index (χ2v) is 4.93. The fourth-order valence-corrected chi connectivity index (χ4v) is 2.40. The molecule has 94 valence electrons. The first-order valence-electron chi connectivity index (χ1n) is 5.96. The first-order valence-corrected chi connectivity index (χ1v) is 5.96. The third-order valence-electron chi connectivity index (χ3n) is 3.40. The summed E-state index contributed by atoms with van der Waals surface area (Å²) < 4.78 is 0. The van der Waals surface area contributed by atoms with E-state index in [4.69, 9.17) is 11.5 Å². The van der Waals surface area contributed by atoms with Gasteiger partial charge in [0.15, 0.2) is 0 Å². The van der Waals surface area contributed by atoms with Crippen molar-refractivity contribution in [2.45, 2.75) is 31.3 Å². The minimum absolute atomic E-state index is 0.341. The summed E-state index contributed by atoms with van der Waals surface area (Å²) in [4.78, 5) is 6.15. The fourth-order valence-electron chi connectivity index (χ4n) is 2.40. The predicted molar refractivity (Wildman–Crippen MR) is 69.7 cm³/mol. The lowest BCUT2D eigenvalue weighted by atomic mass is 10.0. The van der Waals surface area contributed by atoms with Crippen LogP contribution in [0, 0.1) is 0 Å². The molecule has 17 heavy (non-hydrogen) atoms. The van der Waals surface area contributed by atoms with Crippen LogP contribution < -0.4 is 16.4 Å². The molecule has 0 radical (unpaired) electrons. The van der Waals surface area contributed by atoms with Crippen molar-refractivity contribution in [2.24, 2.45) is 0 Å². The molecule has 1 saturated carbocycles. The zero-order valence-corrected chi connectivity index (χ0v) is 10.2. The Morgan fingerprint density at radius 3 is 2.59 bits per heavy atom. The van der Waals surface area contributed by atoms with E-state index in [1.54, 1.807) is 6.07 Å². The Balaban J connectivity index is 2.08. The number of hydrogen-bond acceptors (Lipinski definition) is 5. The van der Waals surface area contributed by atoms with E-state index in [2.05, 4.69) is 4.98 Å². The summed E-state index contributed by atoms with van der Waals surface area (Å²) in [5.74, 6) is 1.09. The average molecular weight is 236 g/mol. The van der Waals surface area contributed by atoms with Gasteiger partial charge in [-0.05, 0) is 25.0 Å². The molecule has 1 heterocycles. The minimum atomic E-state index is -0.577. The van der Waals surface area contributed by atoms with E-state index in [9.17, 15) is 5.11 Å². The molecule has 0 unspecified atom stereocenters. The van der Waals surface area contributed by atoms with Gasteiger partial charge in [0.2, 0.25) is 0 Å². The quantitative estimate of drug-likeness (QED) is 0.728. The largest absolute Gasteiger partial charge is 0.396 e. The number of nitrogens with two attached hydrogens (primary N) is 2. The van der Waals surface area contributed by atoms with Crippen molar-refractivity contribution in [1.82, 2.24) is 4.98 Å². The number of anilines is 3. The molecule has 0 aliphatic heterocycles. The van der Waals surface area contributed by atoms with E-state index >= 15 is 0 Å². The van der Waals surface area contributed by atoms with Crippen LogP contribution in [0.3, 0.4) is 0 Å². The zero-order valence-electron chi connectivity index (χ0n) is 10.2. The maximum Gasteiger partial charge on any atom is 0.149 e. The van der Waals surface area contributed by atoms with Gasteiger partial charge in [0.25, 0.3) is 0 Å². The van der Waals surface area contributed by atoms with Gasteiger partial charge < -0.3 is 21.5 Å². The lowest BCUT2D eigenvalue weighted by molar-refractivity contribution is 0.0558. The van der Waals surface area contributed by atoms with Gasteiger partial charge in [-0.3, -0.25) is 0 Å². The monoisotopic (exact) mass is 236 g/mol.